The van der Waals surface area contributed by atoms with Crippen molar-refractivity contribution in [2.24, 2.45) is 10.6 Å². The Bertz CT molecular complexity index is 1320. The highest BCUT2D eigenvalue weighted by Crippen LogP contribution is 2.48. The zero-order chi connectivity index (χ0) is 23.5. The van der Waals surface area contributed by atoms with Crippen molar-refractivity contribution in [3.8, 4) is 11.4 Å². The van der Waals surface area contributed by atoms with E-state index in [9.17, 15) is 0 Å². The third-order valence-electron chi connectivity index (χ3n) is 7.16. The molecule has 6 rings (SSSR count). The summed E-state index contributed by atoms with van der Waals surface area (Å²) in [5, 5.41) is 8.12. The molecule has 1 spiro atoms. The van der Waals surface area contributed by atoms with Crippen LogP contribution in [0.15, 0.2) is 53.6 Å². The molecule has 3 aromatic rings. The lowest BCUT2D eigenvalue weighted by molar-refractivity contribution is -0.104. The number of nitrogens with zero attached hydrogens (tertiary/aromatic N) is 4. The van der Waals surface area contributed by atoms with Crippen molar-refractivity contribution < 1.29 is 9.57 Å². The second kappa shape index (κ2) is 7.71. The Labute approximate surface area is 203 Å². The summed E-state index contributed by atoms with van der Waals surface area (Å²) in [6, 6.07) is 10.6. The summed E-state index contributed by atoms with van der Waals surface area (Å²) in [7, 11) is 1.71. The van der Waals surface area contributed by atoms with E-state index in [1.807, 2.05) is 24.0 Å². The summed E-state index contributed by atoms with van der Waals surface area (Å²) in [4.78, 5) is 15.4. The van der Waals surface area contributed by atoms with Crippen LogP contribution < -0.4 is 10.1 Å². The number of thiophene rings is 1. The molecular weight excluding hydrogens is 446 g/mol. The number of methoxy groups -OCH3 is 1. The summed E-state index contributed by atoms with van der Waals surface area (Å²) >= 11 is 1.78. The molecule has 0 radical (unpaired) electrons. The van der Waals surface area contributed by atoms with E-state index in [2.05, 4.69) is 70.6 Å². The average molecular weight is 476 g/mol. The molecule has 0 bridgehead atoms. The summed E-state index contributed by atoms with van der Waals surface area (Å²) < 4.78 is 7.73. The molecule has 1 aromatic carbocycles. The Balaban J connectivity index is 1.38. The minimum Gasteiger partial charge on any atom is -0.495 e. The van der Waals surface area contributed by atoms with Crippen LogP contribution in [0.1, 0.15) is 34.4 Å². The van der Waals surface area contributed by atoms with E-state index in [-0.39, 0.29) is 5.41 Å². The minimum atomic E-state index is -0.572. The van der Waals surface area contributed by atoms with Gasteiger partial charge in [0.25, 0.3) is 0 Å². The van der Waals surface area contributed by atoms with Crippen LogP contribution in [0.2, 0.25) is 0 Å². The second-order valence-electron chi connectivity index (χ2n) is 9.79. The van der Waals surface area contributed by atoms with Crippen molar-refractivity contribution in [2.75, 3.05) is 26.7 Å². The Morgan fingerprint density at radius 3 is 2.71 bits per heavy atom. The molecule has 2 saturated heterocycles. The number of rotatable bonds is 4. The van der Waals surface area contributed by atoms with Crippen LogP contribution in [-0.2, 0) is 10.6 Å². The maximum absolute atomic E-state index is 6.17. The number of benzene rings is 1. The zero-order valence-corrected chi connectivity index (χ0v) is 20.8. The Kier molecular flexibility index (Phi) is 4.86. The normalized spacial score (nSPS) is 24.1. The molecular formula is C26H29N5O2S. The number of nitrogens with one attached hydrogen (secondary N) is 1. The first-order valence-corrected chi connectivity index (χ1v) is 12.4. The zero-order valence-electron chi connectivity index (χ0n) is 20.0. The van der Waals surface area contributed by atoms with E-state index >= 15 is 0 Å². The van der Waals surface area contributed by atoms with Crippen LogP contribution in [0.3, 0.4) is 0 Å². The number of aryl methyl sites for hydroxylation is 2. The molecule has 1 N–H and O–H groups in total. The van der Waals surface area contributed by atoms with Gasteiger partial charge >= 0.3 is 0 Å². The third kappa shape index (κ3) is 3.35. The summed E-state index contributed by atoms with van der Waals surface area (Å²) in [5.41, 5.74) is 3.86. The number of piperidine rings is 1. The molecule has 7 nitrogen and oxygen atoms in total. The number of imidazole rings is 1. The first-order chi connectivity index (χ1) is 16.4. The lowest BCUT2D eigenvalue weighted by Gasteiger charge is -2.51. The van der Waals surface area contributed by atoms with Gasteiger partial charge in [0.2, 0.25) is 5.72 Å². The first kappa shape index (κ1) is 21.4. The smallest absolute Gasteiger partial charge is 0.243 e. The van der Waals surface area contributed by atoms with Gasteiger partial charge < -0.3 is 24.4 Å². The van der Waals surface area contributed by atoms with Gasteiger partial charge in [-0.25, -0.2) is 4.98 Å². The van der Waals surface area contributed by atoms with E-state index in [1.165, 1.54) is 15.3 Å². The Morgan fingerprint density at radius 2 is 2.06 bits per heavy atom. The van der Waals surface area contributed by atoms with Gasteiger partial charge in [-0.1, -0.05) is 11.2 Å². The van der Waals surface area contributed by atoms with Crippen molar-refractivity contribution in [3.63, 3.8) is 0 Å². The molecule has 176 valence electrons. The van der Waals surface area contributed by atoms with Gasteiger partial charge in [0.1, 0.15) is 5.75 Å². The number of aromatic nitrogens is 2. The molecule has 8 heteroatoms. The predicted molar refractivity (Wildman–Crippen MR) is 134 cm³/mol. The van der Waals surface area contributed by atoms with Crippen molar-refractivity contribution in [2.45, 2.75) is 32.9 Å². The Hall–Kier alpha value is -3.10. The number of hydrogen-bond acceptors (Lipinski definition) is 7. The average Bonchev–Trinajstić information content (AvgIpc) is 3.52. The Morgan fingerprint density at radius 1 is 1.21 bits per heavy atom. The lowest BCUT2D eigenvalue weighted by Crippen LogP contribution is -2.64. The van der Waals surface area contributed by atoms with Gasteiger partial charge in [-0.05, 0) is 61.7 Å². The third-order valence-corrected chi connectivity index (χ3v) is 8.35. The number of hydrogen-bond donors (Lipinski definition) is 1. The van der Waals surface area contributed by atoms with Gasteiger partial charge in [-0.3, -0.25) is 0 Å². The van der Waals surface area contributed by atoms with Gasteiger partial charge in [0, 0.05) is 43.0 Å². The first-order valence-electron chi connectivity index (χ1n) is 11.6. The minimum absolute atomic E-state index is 0.199. The highest BCUT2D eigenvalue weighted by Gasteiger charge is 2.54. The summed E-state index contributed by atoms with van der Waals surface area (Å²) in [6.07, 6.45) is 7.03. The fourth-order valence-corrected chi connectivity index (χ4v) is 6.16. The summed E-state index contributed by atoms with van der Waals surface area (Å²) in [5.74, 6) is 1.75. The predicted octanol–water partition coefficient (Wildman–Crippen LogP) is 4.45. The lowest BCUT2D eigenvalue weighted by atomic mass is 9.72. The van der Waals surface area contributed by atoms with Crippen LogP contribution in [0.5, 0.6) is 5.75 Å². The molecule has 5 heterocycles. The fourth-order valence-electron chi connectivity index (χ4n) is 5.21. The van der Waals surface area contributed by atoms with E-state index < -0.39 is 5.72 Å². The maximum Gasteiger partial charge on any atom is 0.243 e. The monoisotopic (exact) mass is 475 g/mol. The highest BCUT2D eigenvalue weighted by molar-refractivity contribution is 7.12. The van der Waals surface area contributed by atoms with Crippen LogP contribution in [0, 0.1) is 19.3 Å². The molecule has 2 aromatic heterocycles. The summed E-state index contributed by atoms with van der Waals surface area (Å²) in [6.45, 7) is 9.22. The molecule has 0 saturated carbocycles. The molecule has 0 aliphatic carbocycles. The van der Waals surface area contributed by atoms with E-state index in [0.717, 1.165) is 54.6 Å². The van der Waals surface area contributed by atoms with E-state index in [0.29, 0.717) is 0 Å². The maximum atomic E-state index is 6.17. The number of fused-ring (bicyclic) bond motifs is 1. The molecule has 2 fully saturated rings. The largest absolute Gasteiger partial charge is 0.495 e. The SMILES string of the molecule is COc1cc(/C=C2\CC3(CNC3)CN3C2=NOC3(C)c2ccc(C)s2)ccc1-n1cnc(C)c1. The molecule has 34 heavy (non-hydrogen) atoms. The molecule has 3 aliphatic heterocycles. The number of ether oxygens (including phenoxy) is 1. The van der Waals surface area contributed by atoms with Crippen molar-refractivity contribution in [1.82, 2.24) is 19.8 Å². The highest BCUT2D eigenvalue weighted by atomic mass is 32.1. The quantitative estimate of drug-likeness (QED) is 0.604. The number of oxime groups is 1. The van der Waals surface area contributed by atoms with Crippen molar-refractivity contribution in [3.05, 3.63) is 69.4 Å². The van der Waals surface area contributed by atoms with Crippen LogP contribution in [0.4, 0.5) is 0 Å². The van der Waals surface area contributed by atoms with E-state index in [4.69, 9.17) is 9.57 Å². The second-order valence-corrected chi connectivity index (χ2v) is 11.1. The van der Waals surface area contributed by atoms with Crippen LogP contribution >= 0.6 is 11.3 Å². The van der Waals surface area contributed by atoms with Crippen LogP contribution in [0.25, 0.3) is 11.8 Å². The van der Waals surface area contributed by atoms with Crippen molar-refractivity contribution >= 4 is 23.2 Å². The van der Waals surface area contributed by atoms with Crippen LogP contribution in [-0.4, -0.2) is 47.0 Å². The molecule has 3 aliphatic rings. The topological polar surface area (TPSA) is 63.9 Å². The molecule has 1 unspecified atom stereocenters. The van der Waals surface area contributed by atoms with Gasteiger partial charge in [0.15, 0.2) is 5.84 Å². The molecule has 1 atom stereocenters. The van der Waals surface area contributed by atoms with Gasteiger partial charge in [0.05, 0.1) is 29.7 Å². The van der Waals surface area contributed by atoms with Crippen molar-refractivity contribution in [1.29, 1.82) is 0 Å². The van der Waals surface area contributed by atoms with Gasteiger partial charge in [-0.2, -0.15) is 0 Å². The van der Waals surface area contributed by atoms with Gasteiger partial charge in [-0.15, -0.1) is 11.3 Å². The van der Waals surface area contributed by atoms with E-state index in [1.54, 1.807) is 18.4 Å². The fraction of sp³-hybridized carbons (Fsp3) is 0.385. The standard InChI is InChI=1S/C26H29N5O2S/c1-17-12-30(16-28-17)21-7-6-19(10-22(21)32-4)9-20-11-26(13-27-14-26)15-31-24(20)29-33-25(31,3)23-8-5-18(2)34-23/h5-10,12,16,27H,11,13-15H2,1-4H3/b20-9+. The molecule has 0 amide bonds. The number of amidine groups is 1.